The predicted octanol–water partition coefficient (Wildman–Crippen LogP) is 2.28. The standard InChI is InChI=1S/C21H24N2O6S/c1-2-29-21(25)18-5-3-4-6-19(18)22-20(24)17-9-7-16(8-10-17)15-30(26,27)23-11-13-28-14-12-23/h3-10H,2,11-15H2,1H3,(H,22,24). The second-order valence-corrected chi connectivity index (χ2v) is 8.65. The molecule has 1 saturated heterocycles. The number of nitrogens with zero attached hydrogens (tertiary/aromatic N) is 1. The second-order valence-electron chi connectivity index (χ2n) is 6.68. The van der Waals surface area contributed by atoms with E-state index in [0.29, 0.717) is 43.1 Å². The molecule has 30 heavy (non-hydrogen) atoms. The van der Waals surface area contributed by atoms with E-state index in [1.165, 1.54) is 4.31 Å². The maximum absolute atomic E-state index is 12.6. The summed E-state index contributed by atoms with van der Waals surface area (Å²) in [6, 6.07) is 12.9. The Morgan fingerprint density at radius 1 is 1.07 bits per heavy atom. The van der Waals surface area contributed by atoms with Gasteiger partial charge in [-0.1, -0.05) is 24.3 Å². The molecule has 1 amide bonds. The first-order chi connectivity index (χ1) is 14.4. The van der Waals surface area contributed by atoms with Crippen molar-refractivity contribution in [2.45, 2.75) is 12.7 Å². The van der Waals surface area contributed by atoms with Crippen LogP contribution in [0.2, 0.25) is 0 Å². The fourth-order valence-corrected chi connectivity index (χ4v) is 4.55. The average Bonchev–Trinajstić information content (AvgIpc) is 2.75. The van der Waals surface area contributed by atoms with Crippen LogP contribution in [0.15, 0.2) is 48.5 Å². The summed E-state index contributed by atoms with van der Waals surface area (Å²) < 4.78 is 36.7. The lowest BCUT2D eigenvalue weighted by molar-refractivity contribution is 0.0527. The largest absolute Gasteiger partial charge is 0.462 e. The maximum atomic E-state index is 12.6. The summed E-state index contributed by atoms with van der Waals surface area (Å²) in [6.45, 7) is 3.43. The SMILES string of the molecule is CCOC(=O)c1ccccc1NC(=O)c1ccc(CS(=O)(=O)N2CCOCC2)cc1. The summed E-state index contributed by atoms with van der Waals surface area (Å²) in [6.07, 6.45) is 0. The smallest absolute Gasteiger partial charge is 0.340 e. The second kappa shape index (κ2) is 9.84. The third-order valence-electron chi connectivity index (χ3n) is 4.60. The van der Waals surface area contributed by atoms with E-state index >= 15 is 0 Å². The number of anilines is 1. The minimum Gasteiger partial charge on any atom is -0.462 e. The number of ether oxygens (including phenoxy) is 2. The molecular formula is C21H24N2O6S. The third-order valence-corrected chi connectivity index (χ3v) is 6.45. The number of hydrogen-bond acceptors (Lipinski definition) is 6. The Kier molecular flexibility index (Phi) is 7.20. The number of nitrogens with one attached hydrogen (secondary N) is 1. The maximum Gasteiger partial charge on any atom is 0.340 e. The van der Waals surface area contributed by atoms with E-state index in [1.807, 2.05) is 0 Å². The molecule has 0 radical (unpaired) electrons. The van der Waals surface area contributed by atoms with Gasteiger partial charge in [-0.15, -0.1) is 0 Å². The van der Waals surface area contributed by atoms with Gasteiger partial charge < -0.3 is 14.8 Å². The number of carbonyl (C=O) groups is 2. The highest BCUT2D eigenvalue weighted by molar-refractivity contribution is 7.88. The van der Waals surface area contributed by atoms with E-state index in [-0.39, 0.29) is 17.9 Å². The molecule has 0 aromatic heterocycles. The lowest BCUT2D eigenvalue weighted by Gasteiger charge is -2.26. The van der Waals surface area contributed by atoms with Gasteiger partial charge in [-0.2, -0.15) is 4.31 Å². The van der Waals surface area contributed by atoms with Crippen LogP contribution in [-0.4, -0.2) is 57.5 Å². The van der Waals surface area contributed by atoms with Crippen molar-refractivity contribution in [2.75, 3.05) is 38.2 Å². The van der Waals surface area contributed by atoms with Crippen molar-refractivity contribution in [1.82, 2.24) is 4.31 Å². The molecule has 1 aliphatic rings. The Bertz CT molecular complexity index is 998. The van der Waals surface area contributed by atoms with Crippen LogP contribution >= 0.6 is 0 Å². The number of sulfonamides is 1. The lowest BCUT2D eigenvalue weighted by atomic mass is 10.1. The number of esters is 1. The van der Waals surface area contributed by atoms with Crippen LogP contribution in [0.4, 0.5) is 5.69 Å². The number of carbonyl (C=O) groups excluding carboxylic acids is 2. The molecule has 0 aliphatic carbocycles. The minimum atomic E-state index is -3.44. The molecule has 160 valence electrons. The molecule has 3 rings (SSSR count). The van der Waals surface area contributed by atoms with E-state index in [0.717, 1.165) is 0 Å². The molecule has 2 aromatic rings. The minimum absolute atomic E-state index is 0.138. The monoisotopic (exact) mass is 432 g/mol. The zero-order valence-electron chi connectivity index (χ0n) is 16.7. The molecule has 1 aliphatic heterocycles. The van der Waals surface area contributed by atoms with Crippen LogP contribution in [0.3, 0.4) is 0 Å². The Balaban J connectivity index is 1.68. The number of morpholine rings is 1. The fourth-order valence-electron chi connectivity index (χ4n) is 3.05. The molecule has 0 saturated carbocycles. The summed E-state index contributed by atoms with van der Waals surface area (Å²) >= 11 is 0. The van der Waals surface area contributed by atoms with E-state index in [1.54, 1.807) is 55.5 Å². The van der Waals surface area contributed by atoms with Crippen molar-refractivity contribution in [2.24, 2.45) is 0 Å². The summed E-state index contributed by atoms with van der Waals surface area (Å²) in [4.78, 5) is 24.6. The van der Waals surface area contributed by atoms with Crippen LogP contribution in [0, 0.1) is 0 Å². The quantitative estimate of drug-likeness (QED) is 0.674. The van der Waals surface area contributed by atoms with E-state index in [2.05, 4.69) is 5.32 Å². The van der Waals surface area contributed by atoms with Crippen LogP contribution in [0.25, 0.3) is 0 Å². The van der Waals surface area contributed by atoms with Crippen molar-refractivity contribution < 1.29 is 27.5 Å². The molecule has 8 nitrogen and oxygen atoms in total. The van der Waals surface area contributed by atoms with Crippen molar-refractivity contribution in [3.8, 4) is 0 Å². The first-order valence-electron chi connectivity index (χ1n) is 9.62. The van der Waals surface area contributed by atoms with E-state index in [9.17, 15) is 18.0 Å². The predicted molar refractivity (Wildman–Crippen MR) is 112 cm³/mol. The van der Waals surface area contributed by atoms with Crippen molar-refractivity contribution >= 4 is 27.6 Å². The van der Waals surface area contributed by atoms with Gasteiger partial charge in [0.15, 0.2) is 0 Å². The molecule has 2 aromatic carbocycles. The number of hydrogen-bond donors (Lipinski definition) is 1. The van der Waals surface area contributed by atoms with Crippen molar-refractivity contribution in [3.63, 3.8) is 0 Å². The normalized spacial score (nSPS) is 14.8. The third kappa shape index (κ3) is 5.44. The van der Waals surface area contributed by atoms with Gasteiger partial charge in [-0.25, -0.2) is 13.2 Å². The summed E-state index contributed by atoms with van der Waals surface area (Å²) in [5.74, 6) is -1.06. The van der Waals surface area contributed by atoms with Crippen LogP contribution in [0.1, 0.15) is 33.2 Å². The fraction of sp³-hybridized carbons (Fsp3) is 0.333. The Hall–Kier alpha value is -2.75. The Morgan fingerprint density at radius 2 is 1.73 bits per heavy atom. The van der Waals surface area contributed by atoms with Gasteiger partial charge in [0.1, 0.15) is 0 Å². The Morgan fingerprint density at radius 3 is 2.40 bits per heavy atom. The number of rotatable bonds is 7. The van der Waals surface area contributed by atoms with Crippen LogP contribution < -0.4 is 5.32 Å². The number of amides is 1. The molecule has 9 heteroatoms. The van der Waals surface area contributed by atoms with Crippen molar-refractivity contribution in [1.29, 1.82) is 0 Å². The highest BCUT2D eigenvalue weighted by Gasteiger charge is 2.24. The summed E-state index contributed by atoms with van der Waals surface area (Å²) in [5, 5.41) is 2.71. The topological polar surface area (TPSA) is 102 Å². The van der Waals surface area contributed by atoms with Gasteiger partial charge in [-0.3, -0.25) is 4.79 Å². The number of para-hydroxylation sites is 1. The first kappa shape index (κ1) is 21.9. The van der Waals surface area contributed by atoms with Crippen molar-refractivity contribution in [3.05, 3.63) is 65.2 Å². The Labute approximate surface area is 175 Å². The molecule has 0 unspecified atom stereocenters. The van der Waals surface area contributed by atoms with Gasteiger partial charge in [0.2, 0.25) is 10.0 Å². The molecule has 1 fully saturated rings. The molecule has 0 spiro atoms. The zero-order chi connectivity index (χ0) is 21.6. The van der Waals surface area contributed by atoms with E-state index in [4.69, 9.17) is 9.47 Å². The van der Waals surface area contributed by atoms with Gasteiger partial charge in [0, 0.05) is 18.7 Å². The van der Waals surface area contributed by atoms with Gasteiger partial charge >= 0.3 is 5.97 Å². The summed E-state index contributed by atoms with van der Waals surface area (Å²) in [5.41, 5.74) is 1.55. The highest BCUT2D eigenvalue weighted by atomic mass is 32.2. The first-order valence-corrected chi connectivity index (χ1v) is 11.2. The molecular weight excluding hydrogens is 408 g/mol. The number of benzene rings is 2. The van der Waals surface area contributed by atoms with Gasteiger partial charge in [-0.05, 0) is 36.8 Å². The van der Waals surface area contributed by atoms with Crippen LogP contribution in [-0.2, 0) is 25.2 Å². The molecule has 1 heterocycles. The highest BCUT2D eigenvalue weighted by Crippen LogP contribution is 2.18. The van der Waals surface area contributed by atoms with E-state index < -0.39 is 21.9 Å². The molecule has 0 atom stereocenters. The molecule has 0 bridgehead atoms. The van der Waals surface area contributed by atoms with Gasteiger partial charge in [0.25, 0.3) is 5.91 Å². The average molecular weight is 432 g/mol. The van der Waals surface area contributed by atoms with Crippen LogP contribution in [0.5, 0.6) is 0 Å². The summed E-state index contributed by atoms with van der Waals surface area (Å²) in [7, 11) is -3.44. The zero-order valence-corrected chi connectivity index (χ0v) is 17.5. The lowest BCUT2D eigenvalue weighted by Crippen LogP contribution is -2.41. The van der Waals surface area contributed by atoms with Gasteiger partial charge in [0.05, 0.1) is 36.8 Å². The molecule has 1 N–H and O–H groups in total.